The summed E-state index contributed by atoms with van der Waals surface area (Å²) in [6.07, 6.45) is 3.88. The first-order valence-corrected chi connectivity index (χ1v) is 4.99. The second-order valence-electron chi connectivity index (χ2n) is 3.37. The van der Waals surface area contributed by atoms with Crippen molar-refractivity contribution in [2.45, 2.75) is 0 Å². The lowest BCUT2D eigenvalue weighted by Crippen LogP contribution is -2.05. The SMILES string of the molecule is COC(=O)/C=C/c1coc2ccccc2c1=O. The highest BCUT2D eigenvalue weighted by atomic mass is 16.5. The van der Waals surface area contributed by atoms with Crippen LogP contribution in [0.25, 0.3) is 17.0 Å². The molecule has 0 amide bonds. The molecule has 86 valence electrons. The number of methoxy groups -OCH3 is 1. The van der Waals surface area contributed by atoms with E-state index < -0.39 is 5.97 Å². The Hall–Kier alpha value is -2.36. The molecule has 17 heavy (non-hydrogen) atoms. The molecule has 0 aliphatic rings. The molecule has 0 N–H and O–H groups in total. The van der Waals surface area contributed by atoms with Crippen molar-refractivity contribution < 1.29 is 13.9 Å². The van der Waals surface area contributed by atoms with E-state index in [-0.39, 0.29) is 5.43 Å². The van der Waals surface area contributed by atoms with Crippen molar-refractivity contribution in [2.24, 2.45) is 0 Å². The number of benzene rings is 1. The molecule has 0 unspecified atom stereocenters. The van der Waals surface area contributed by atoms with E-state index in [1.54, 1.807) is 24.3 Å². The monoisotopic (exact) mass is 230 g/mol. The van der Waals surface area contributed by atoms with Crippen molar-refractivity contribution in [3.8, 4) is 0 Å². The molecule has 0 saturated carbocycles. The molecule has 0 radical (unpaired) electrons. The van der Waals surface area contributed by atoms with Crippen molar-refractivity contribution in [1.29, 1.82) is 0 Å². The molecule has 4 nitrogen and oxygen atoms in total. The van der Waals surface area contributed by atoms with Gasteiger partial charge in [0.2, 0.25) is 0 Å². The van der Waals surface area contributed by atoms with Gasteiger partial charge in [-0.05, 0) is 18.2 Å². The third kappa shape index (κ3) is 2.25. The molecule has 1 heterocycles. The summed E-state index contributed by atoms with van der Waals surface area (Å²) in [5.74, 6) is -0.516. The second-order valence-corrected chi connectivity index (χ2v) is 3.37. The third-order valence-corrected chi connectivity index (χ3v) is 2.31. The van der Waals surface area contributed by atoms with E-state index in [1.807, 2.05) is 0 Å². The minimum Gasteiger partial charge on any atom is -0.466 e. The molecule has 1 aromatic carbocycles. The predicted octanol–water partition coefficient (Wildman–Crippen LogP) is 1.98. The Morgan fingerprint density at radius 3 is 2.88 bits per heavy atom. The topological polar surface area (TPSA) is 56.5 Å². The quantitative estimate of drug-likeness (QED) is 0.584. The lowest BCUT2D eigenvalue weighted by Gasteiger charge is -1.97. The zero-order valence-corrected chi connectivity index (χ0v) is 9.17. The van der Waals surface area contributed by atoms with Crippen LogP contribution in [0.15, 0.2) is 45.8 Å². The summed E-state index contributed by atoms with van der Waals surface area (Å²) < 4.78 is 9.73. The van der Waals surface area contributed by atoms with E-state index in [2.05, 4.69) is 4.74 Å². The molecule has 0 aliphatic heterocycles. The average molecular weight is 230 g/mol. The number of carbonyl (C=O) groups excluding carboxylic acids is 1. The lowest BCUT2D eigenvalue weighted by atomic mass is 10.1. The molecule has 2 aromatic rings. The second kappa shape index (κ2) is 4.65. The lowest BCUT2D eigenvalue weighted by molar-refractivity contribution is -0.134. The molecular formula is C13H10O4. The Balaban J connectivity index is 2.50. The first-order chi connectivity index (χ1) is 8.22. The maximum atomic E-state index is 12.0. The maximum Gasteiger partial charge on any atom is 0.330 e. The van der Waals surface area contributed by atoms with Gasteiger partial charge in [0.1, 0.15) is 11.8 Å². The zero-order valence-electron chi connectivity index (χ0n) is 9.17. The highest BCUT2D eigenvalue weighted by molar-refractivity contribution is 5.87. The number of fused-ring (bicyclic) bond motifs is 1. The predicted molar refractivity (Wildman–Crippen MR) is 63.5 cm³/mol. The Morgan fingerprint density at radius 1 is 1.35 bits per heavy atom. The van der Waals surface area contributed by atoms with Crippen LogP contribution in [0.4, 0.5) is 0 Å². The summed E-state index contributed by atoms with van der Waals surface area (Å²) in [6, 6.07) is 6.93. The van der Waals surface area contributed by atoms with Gasteiger partial charge in [0, 0.05) is 6.08 Å². The van der Waals surface area contributed by atoms with Crippen LogP contribution in [0.1, 0.15) is 5.56 Å². The number of hydrogen-bond donors (Lipinski definition) is 0. The molecular weight excluding hydrogens is 220 g/mol. The number of ether oxygens (including phenoxy) is 1. The highest BCUT2D eigenvalue weighted by Gasteiger charge is 2.04. The Morgan fingerprint density at radius 2 is 2.12 bits per heavy atom. The van der Waals surface area contributed by atoms with Crippen molar-refractivity contribution in [2.75, 3.05) is 7.11 Å². The minimum absolute atomic E-state index is 0.174. The molecule has 0 saturated heterocycles. The van der Waals surface area contributed by atoms with Gasteiger partial charge in [-0.2, -0.15) is 0 Å². The first-order valence-electron chi connectivity index (χ1n) is 4.99. The van der Waals surface area contributed by atoms with Crippen LogP contribution in [0.3, 0.4) is 0 Å². The van der Waals surface area contributed by atoms with Gasteiger partial charge in [-0.25, -0.2) is 4.79 Å². The molecule has 0 bridgehead atoms. The van der Waals surface area contributed by atoms with Crippen LogP contribution in [0.2, 0.25) is 0 Å². The van der Waals surface area contributed by atoms with Crippen molar-refractivity contribution in [3.63, 3.8) is 0 Å². The molecule has 4 heteroatoms. The number of hydrogen-bond acceptors (Lipinski definition) is 4. The van der Waals surface area contributed by atoms with Crippen molar-refractivity contribution in [3.05, 3.63) is 52.4 Å². The smallest absolute Gasteiger partial charge is 0.330 e. The number of carbonyl (C=O) groups is 1. The zero-order chi connectivity index (χ0) is 12.3. The molecule has 0 aliphatic carbocycles. The summed E-state index contributed by atoms with van der Waals surface area (Å²) >= 11 is 0. The third-order valence-electron chi connectivity index (χ3n) is 2.31. The van der Waals surface area contributed by atoms with Crippen LogP contribution < -0.4 is 5.43 Å². The normalized spacial score (nSPS) is 10.9. The van der Waals surface area contributed by atoms with E-state index in [9.17, 15) is 9.59 Å². The van der Waals surface area contributed by atoms with E-state index in [1.165, 1.54) is 25.5 Å². The first kappa shape index (κ1) is 11.1. The van der Waals surface area contributed by atoms with Crippen LogP contribution in [-0.4, -0.2) is 13.1 Å². The van der Waals surface area contributed by atoms with Gasteiger partial charge in [-0.15, -0.1) is 0 Å². The van der Waals surface area contributed by atoms with Crippen molar-refractivity contribution >= 4 is 23.0 Å². The van der Waals surface area contributed by atoms with Gasteiger partial charge in [-0.1, -0.05) is 12.1 Å². The van der Waals surface area contributed by atoms with E-state index in [4.69, 9.17) is 4.42 Å². The highest BCUT2D eigenvalue weighted by Crippen LogP contribution is 2.11. The molecule has 0 fully saturated rings. The molecule has 0 atom stereocenters. The van der Waals surface area contributed by atoms with E-state index >= 15 is 0 Å². The van der Waals surface area contributed by atoms with Crippen LogP contribution >= 0.6 is 0 Å². The number of rotatable bonds is 2. The number of para-hydroxylation sites is 1. The van der Waals surface area contributed by atoms with Gasteiger partial charge in [0.15, 0.2) is 5.43 Å². The largest absolute Gasteiger partial charge is 0.466 e. The van der Waals surface area contributed by atoms with Gasteiger partial charge in [0.05, 0.1) is 18.1 Å². The van der Waals surface area contributed by atoms with Gasteiger partial charge in [-0.3, -0.25) is 4.79 Å². The molecule has 0 spiro atoms. The van der Waals surface area contributed by atoms with Gasteiger partial charge >= 0.3 is 5.97 Å². The summed E-state index contributed by atoms with van der Waals surface area (Å²) in [6.45, 7) is 0. The van der Waals surface area contributed by atoms with E-state index in [0.29, 0.717) is 16.5 Å². The minimum atomic E-state index is -0.516. The Bertz CT molecular complexity index is 637. The Labute approximate surface area is 97.1 Å². The summed E-state index contributed by atoms with van der Waals surface area (Å²) in [5, 5.41) is 0.486. The Kier molecular flexibility index (Phi) is 3.05. The van der Waals surface area contributed by atoms with Crippen LogP contribution in [0, 0.1) is 0 Å². The average Bonchev–Trinajstić information content (AvgIpc) is 2.38. The van der Waals surface area contributed by atoms with Crippen LogP contribution in [-0.2, 0) is 9.53 Å². The van der Waals surface area contributed by atoms with Gasteiger partial charge < -0.3 is 9.15 Å². The molecule has 1 aromatic heterocycles. The number of esters is 1. The summed E-state index contributed by atoms with van der Waals surface area (Å²) in [4.78, 5) is 22.9. The summed E-state index contributed by atoms with van der Waals surface area (Å²) in [5.41, 5.74) is 0.661. The fourth-order valence-electron chi connectivity index (χ4n) is 1.43. The van der Waals surface area contributed by atoms with Crippen LogP contribution in [0.5, 0.6) is 0 Å². The van der Waals surface area contributed by atoms with Gasteiger partial charge in [0.25, 0.3) is 0 Å². The fourth-order valence-corrected chi connectivity index (χ4v) is 1.43. The van der Waals surface area contributed by atoms with Crippen molar-refractivity contribution in [1.82, 2.24) is 0 Å². The standard InChI is InChI=1S/C13H10O4/c1-16-12(14)7-6-9-8-17-11-5-3-2-4-10(11)13(9)15/h2-8H,1H3/b7-6+. The van der Waals surface area contributed by atoms with E-state index in [0.717, 1.165) is 0 Å². The molecule has 2 rings (SSSR count). The summed E-state index contributed by atoms with van der Waals surface area (Å²) in [7, 11) is 1.27. The fraction of sp³-hybridized carbons (Fsp3) is 0.0769. The maximum absolute atomic E-state index is 12.0.